The SMILES string of the molecule is Cc1ncnc(N2CC[C@H]3CNC[C@H]32)c1F. The lowest BCUT2D eigenvalue weighted by atomic mass is 10.1. The maximum atomic E-state index is 13.9. The highest BCUT2D eigenvalue weighted by Gasteiger charge is 2.39. The average molecular weight is 222 g/mol. The summed E-state index contributed by atoms with van der Waals surface area (Å²) in [5, 5.41) is 3.35. The molecule has 86 valence electrons. The maximum Gasteiger partial charge on any atom is 0.186 e. The van der Waals surface area contributed by atoms with Crippen molar-refractivity contribution < 1.29 is 4.39 Å². The lowest BCUT2D eigenvalue weighted by Crippen LogP contribution is -2.35. The lowest BCUT2D eigenvalue weighted by molar-refractivity contribution is 0.560. The van der Waals surface area contributed by atoms with Gasteiger partial charge in [0, 0.05) is 25.7 Å². The molecular weight excluding hydrogens is 207 g/mol. The molecule has 4 nitrogen and oxygen atoms in total. The van der Waals surface area contributed by atoms with E-state index >= 15 is 0 Å². The third-order valence-corrected chi connectivity index (χ3v) is 3.66. The largest absolute Gasteiger partial charge is 0.349 e. The van der Waals surface area contributed by atoms with E-state index in [2.05, 4.69) is 20.2 Å². The first-order valence-electron chi connectivity index (χ1n) is 5.72. The smallest absolute Gasteiger partial charge is 0.186 e. The molecule has 2 aliphatic rings. The molecule has 1 aromatic heterocycles. The summed E-state index contributed by atoms with van der Waals surface area (Å²) >= 11 is 0. The molecule has 1 aromatic rings. The molecule has 5 heteroatoms. The van der Waals surface area contributed by atoms with Crippen LogP contribution in [0.2, 0.25) is 0 Å². The van der Waals surface area contributed by atoms with Gasteiger partial charge in [0.25, 0.3) is 0 Å². The zero-order valence-corrected chi connectivity index (χ0v) is 9.28. The predicted octanol–water partition coefficient (Wildman–Crippen LogP) is 0.722. The minimum atomic E-state index is -0.268. The van der Waals surface area contributed by atoms with Crippen LogP contribution < -0.4 is 10.2 Å². The zero-order chi connectivity index (χ0) is 11.1. The zero-order valence-electron chi connectivity index (χ0n) is 9.28. The van der Waals surface area contributed by atoms with Gasteiger partial charge in [-0.1, -0.05) is 0 Å². The van der Waals surface area contributed by atoms with Crippen LogP contribution in [0.25, 0.3) is 0 Å². The minimum absolute atomic E-state index is 0.268. The first-order chi connectivity index (χ1) is 7.77. The Morgan fingerprint density at radius 3 is 3.19 bits per heavy atom. The van der Waals surface area contributed by atoms with Crippen LogP contribution in [0.5, 0.6) is 0 Å². The van der Waals surface area contributed by atoms with Crippen molar-refractivity contribution in [3.63, 3.8) is 0 Å². The summed E-state index contributed by atoms with van der Waals surface area (Å²) in [6.45, 7) is 4.57. The van der Waals surface area contributed by atoms with Crippen molar-refractivity contribution in [1.29, 1.82) is 0 Å². The average Bonchev–Trinajstić information content (AvgIpc) is 2.84. The second kappa shape index (κ2) is 3.66. The van der Waals surface area contributed by atoms with Crippen LogP contribution in [0.4, 0.5) is 10.2 Å². The normalized spacial score (nSPS) is 28.5. The van der Waals surface area contributed by atoms with Gasteiger partial charge < -0.3 is 10.2 Å². The first kappa shape index (κ1) is 9.96. The number of nitrogens with zero attached hydrogens (tertiary/aromatic N) is 3. The fraction of sp³-hybridized carbons (Fsp3) is 0.636. The number of hydrogen-bond acceptors (Lipinski definition) is 4. The van der Waals surface area contributed by atoms with Crippen molar-refractivity contribution in [2.24, 2.45) is 5.92 Å². The molecule has 2 fully saturated rings. The van der Waals surface area contributed by atoms with Gasteiger partial charge in [0.15, 0.2) is 11.6 Å². The summed E-state index contributed by atoms with van der Waals surface area (Å²) in [6.07, 6.45) is 2.57. The highest BCUT2D eigenvalue weighted by molar-refractivity contribution is 5.44. The van der Waals surface area contributed by atoms with Crippen molar-refractivity contribution in [2.45, 2.75) is 19.4 Å². The number of hydrogen-bond donors (Lipinski definition) is 1. The van der Waals surface area contributed by atoms with Crippen molar-refractivity contribution in [1.82, 2.24) is 15.3 Å². The van der Waals surface area contributed by atoms with Crippen LogP contribution in [0.15, 0.2) is 6.33 Å². The molecule has 0 unspecified atom stereocenters. The Hall–Kier alpha value is -1.23. The van der Waals surface area contributed by atoms with Gasteiger partial charge in [0.2, 0.25) is 0 Å². The van der Waals surface area contributed by atoms with E-state index in [4.69, 9.17) is 0 Å². The van der Waals surface area contributed by atoms with Gasteiger partial charge in [-0.2, -0.15) is 0 Å². The van der Waals surface area contributed by atoms with Crippen LogP contribution in [0.3, 0.4) is 0 Å². The molecule has 0 amide bonds. The number of halogens is 1. The molecule has 0 bridgehead atoms. The molecule has 0 radical (unpaired) electrons. The standard InChI is InChI=1S/C11H15FN4/c1-7-10(12)11(15-6-14-7)16-3-2-8-4-13-5-9(8)16/h6,8-9,13H,2-5H2,1H3/t8-,9+/m0/s1. The first-order valence-corrected chi connectivity index (χ1v) is 5.72. The van der Waals surface area contributed by atoms with E-state index in [9.17, 15) is 4.39 Å². The van der Waals surface area contributed by atoms with Crippen LogP contribution in [0.1, 0.15) is 12.1 Å². The Bertz CT molecular complexity index is 409. The van der Waals surface area contributed by atoms with Gasteiger partial charge in [0.05, 0.1) is 5.69 Å². The van der Waals surface area contributed by atoms with E-state index in [1.165, 1.54) is 6.33 Å². The lowest BCUT2D eigenvalue weighted by Gasteiger charge is -2.24. The van der Waals surface area contributed by atoms with E-state index in [0.717, 1.165) is 26.1 Å². The van der Waals surface area contributed by atoms with Crippen LogP contribution in [0, 0.1) is 18.7 Å². The van der Waals surface area contributed by atoms with Gasteiger partial charge in [0.1, 0.15) is 6.33 Å². The van der Waals surface area contributed by atoms with Gasteiger partial charge in [-0.05, 0) is 19.3 Å². The Kier molecular flexibility index (Phi) is 2.28. The van der Waals surface area contributed by atoms with Crippen LogP contribution in [-0.4, -0.2) is 35.6 Å². The number of fused-ring (bicyclic) bond motifs is 1. The highest BCUT2D eigenvalue weighted by Crippen LogP contribution is 2.32. The minimum Gasteiger partial charge on any atom is -0.349 e. The summed E-state index contributed by atoms with van der Waals surface area (Å²) in [5.41, 5.74) is 0.430. The molecule has 0 aromatic carbocycles. The van der Waals surface area contributed by atoms with E-state index in [1.807, 2.05) is 0 Å². The summed E-state index contributed by atoms with van der Waals surface area (Å²) < 4.78 is 13.9. The van der Waals surface area contributed by atoms with E-state index in [1.54, 1.807) is 6.92 Å². The molecule has 2 saturated heterocycles. The molecule has 3 rings (SSSR count). The molecule has 1 N–H and O–H groups in total. The van der Waals surface area contributed by atoms with Gasteiger partial charge >= 0.3 is 0 Å². The van der Waals surface area contributed by atoms with Gasteiger partial charge in [-0.25, -0.2) is 14.4 Å². The summed E-state index contributed by atoms with van der Waals surface area (Å²) in [7, 11) is 0. The second-order valence-corrected chi connectivity index (χ2v) is 4.56. The molecule has 16 heavy (non-hydrogen) atoms. The highest BCUT2D eigenvalue weighted by atomic mass is 19.1. The molecule has 0 saturated carbocycles. The molecule has 2 atom stereocenters. The fourth-order valence-electron chi connectivity index (χ4n) is 2.76. The van der Waals surface area contributed by atoms with Crippen LogP contribution >= 0.6 is 0 Å². The Labute approximate surface area is 93.9 Å². The molecule has 3 heterocycles. The Balaban J connectivity index is 1.95. The third-order valence-electron chi connectivity index (χ3n) is 3.66. The number of rotatable bonds is 1. The molecule has 2 aliphatic heterocycles. The van der Waals surface area contributed by atoms with Crippen molar-refractivity contribution in [3.8, 4) is 0 Å². The molecular formula is C11H15FN4. The Morgan fingerprint density at radius 2 is 2.31 bits per heavy atom. The summed E-state index contributed by atoms with van der Waals surface area (Å²) in [4.78, 5) is 10.1. The van der Waals surface area contributed by atoms with E-state index < -0.39 is 0 Å². The number of anilines is 1. The van der Waals surface area contributed by atoms with Gasteiger partial charge in [-0.3, -0.25) is 0 Å². The van der Waals surface area contributed by atoms with Gasteiger partial charge in [-0.15, -0.1) is 0 Å². The number of nitrogens with one attached hydrogen (secondary N) is 1. The molecule has 0 aliphatic carbocycles. The van der Waals surface area contributed by atoms with E-state index in [0.29, 0.717) is 23.5 Å². The third kappa shape index (κ3) is 1.38. The monoisotopic (exact) mass is 222 g/mol. The van der Waals surface area contributed by atoms with Crippen LogP contribution in [-0.2, 0) is 0 Å². The molecule has 0 spiro atoms. The number of aryl methyl sites for hydroxylation is 1. The predicted molar refractivity (Wildman–Crippen MR) is 58.8 cm³/mol. The van der Waals surface area contributed by atoms with Crippen molar-refractivity contribution in [3.05, 3.63) is 17.8 Å². The topological polar surface area (TPSA) is 41.1 Å². The summed E-state index contributed by atoms with van der Waals surface area (Å²) in [6, 6.07) is 0.406. The maximum absolute atomic E-state index is 13.9. The number of aromatic nitrogens is 2. The van der Waals surface area contributed by atoms with Crippen molar-refractivity contribution in [2.75, 3.05) is 24.5 Å². The quantitative estimate of drug-likeness (QED) is 0.760. The second-order valence-electron chi connectivity index (χ2n) is 4.56. The summed E-state index contributed by atoms with van der Waals surface area (Å²) in [5.74, 6) is 0.855. The fourth-order valence-corrected chi connectivity index (χ4v) is 2.76. The van der Waals surface area contributed by atoms with Crippen molar-refractivity contribution >= 4 is 5.82 Å². The van der Waals surface area contributed by atoms with E-state index in [-0.39, 0.29) is 5.82 Å². The Morgan fingerprint density at radius 1 is 1.44 bits per heavy atom.